The molecule has 0 spiro atoms. The predicted octanol–water partition coefficient (Wildman–Crippen LogP) is 3.77. The molecule has 34 heavy (non-hydrogen) atoms. The monoisotopic (exact) mass is 490 g/mol. The van der Waals surface area contributed by atoms with Crippen LogP contribution in [-0.2, 0) is 10.0 Å². The van der Waals surface area contributed by atoms with Crippen molar-refractivity contribution in [3.05, 3.63) is 54.1 Å². The Hall–Kier alpha value is -3.31. The number of anilines is 2. The number of pyridine rings is 1. The molecule has 180 valence electrons. The summed E-state index contributed by atoms with van der Waals surface area (Å²) in [7, 11) is -2.43. The summed E-state index contributed by atoms with van der Waals surface area (Å²) in [6.45, 7) is 0.357. The molecule has 1 aliphatic rings. The van der Waals surface area contributed by atoms with Gasteiger partial charge in [0.25, 0.3) is 5.91 Å². The van der Waals surface area contributed by atoms with Crippen LogP contribution in [-0.4, -0.2) is 45.4 Å². The number of ether oxygens (including phenoxy) is 1. The highest BCUT2D eigenvalue weighted by Gasteiger charge is 2.33. The molecule has 1 fully saturated rings. The summed E-state index contributed by atoms with van der Waals surface area (Å²) >= 11 is 0. The van der Waals surface area contributed by atoms with Gasteiger partial charge < -0.3 is 15.0 Å². The largest absolute Gasteiger partial charge is 0.497 e. The van der Waals surface area contributed by atoms with Crippen LogP contribution in [0.5, 0.6) is 5.75 Å². The van der Waals surface area contributed by atoms with Crippen molar-refractivity contribution in [2.24, 2.45) is 5.14 Å². The lowest BCUT2D eigenvalue weighted by atomic mass is 10.1. The van der Waals surface area contributed by atoms with E-state index in [0.29, 0.717) is 23.2 Å². The second kappa shape index (κ2) is 9.15. The number of sulfonamides is 1. The van der Waals surface area contributed by atoms with E-state index in [1.165, 1.54) is 31.4 Å². The smallest absolute Gasteiger partial charge is 0.259 e. The molecule has 4 rings (SSSR count). The van der Waals surface area contributed by atoms with E-state index < -0.39 is 21.9 Å². The highest BCUT2D eigenvalue weighted by Crippen LogP contribution is 2.33. The number of nitrogens with two attached hydrogens (primary N) is 1. The van der Waals surface area contributed by atoms with Crippen LogP contribution in [0.1, 0.15) is 29.6 Å². The second-order valence-corrected chi connectivity index (χ2v) is 9.70. The van der Waals surface area contributed by atoms with E-state index in [4.69, 9.17) is 9.88 Å². The molecule has 0 aliphatic carbocycles. The SMILES string of the molecule is COc1ccc2cc(C(=O)Nc3cccc(S(N)(=O)=O)c3)c(N3CCCC(F)(F)CC3)nc2c1. The number of carbonyl (C=O) groups is 1. The molecule has 1 saturated heterocycles. The van der Waals surface area contributed by atoms with E-state index >= 15 is 0 Å². The average Bonchev–Trinajstić information content (AvgIpc) is 2.97. The van der Waals surface area contributed by atoms with Crippen molar-refractivity contribution in [2.45, 2.75) is 30.1 Å². The van der Waals surface area contributed by atoms with Crippen molar-refractivity contribution >= 4 is 38.3 Å². The molecular formula is C23H24F2N4O4S. The number of alkyl halides is 2. The van der Waals surface area contributed by atoms with Crippen molar-refractivity contribution in [3.8, 4) is 5.75 Å². The third-order valence-corrected chi connectivity index (χ3v) is 6.60. The van der Waals surface area contributed by atoms with Gasteiger partial charge in [-0.1, -0.05) is 6.07 Å². The van der Waals surface area contributed by atoms with Crippen molar-refractivity contribution in [2.75, 3.05) is 30.4 Å². The van der Waals surface area contributed by atoms with Crippen LogP contribution in [0.15, 0.2) is 53.4 Å². The van der Waals surface area contributed by atoms with Gasteiger partial charge in [-0.05, 0) is 42.8 Å². The number of amides is 1. The van der Waals surface area contributed by atoms with E-state index in [1.807, 2.05) is 0 Å². The van der Waals surface area contributed by atoms with Gasteiger partial charge >= 0.3 is 0 Å². The summed E-state index contributed by atoms with van der Waals surface area (Å²) in [5.41, 5.74) is 0.960. The zero-order valence-corrected chi connectivity index (χ0v) is 19.2. The van der Waals surface area contributed by atoms with Gasteiger partial charge in [0.2, 0.25) is 15.9 Å². The third kappa shape index (κ3) is 5.26. The fourth-order valence-corrected chi connectivity index (χ4v) is 4.46. The molecule has 11 heteroatoms. The molecule has 0 radical (unpaired) electrons. The molecule has 8 nitrogen and oxygen atoms in total. The zero-order valence-electron chi connectivity index (χ0n) is 18.4. The summed E-state index contributed by atoms with van der Waals surface area (Å²) in [4.78, 5) is 19.5. The van der Waals surface area contributed by atoms with E-state index in [9.17, 15) is 22.0 Å². The normalized spacial score (nSPS) is 16.2. The number of nitrogens with zero attached hydrogens (tertiary/aromatic N) is 2. The first-order valence-corrected chi connectivity index (χ1v) is 12.2. The lowest BCUT2D eigenvalue weighted by molar-refractivity contribution is -0.0102. The number of nitrogens with one attached hydrogen (secondary N) is 1. The van der Waals surface area contributed by atoms with Crippen LogP contribution in [0.25, 0.3) is 10.9 Å². The zero-order chi connectivity index (χ0) is 24.5. The minimum absolute atomic E-state index is 0.0384. The molecule has 3 N–H and O–H groups in total. The summed E-state index contributed by atoms with van der Waals surface area (Å²) < 4.78 is 56.6. The Kier molecular flexibility index (Phi) is 6.41. The summed E-state index contributed by atoms with van der Waals surface area (Å²) in [5, 5.41) is 8.51. The Balaban J connectivity index is 1.75. The highest BCUT2D eigenvalue weighted by atomic mass is 32.2. The molecule has 0 atom stereocenters. The number of hydrogen-bond donors (Lipinski definition) is 2. The number of fused-ring (bicyclic) bond motifs is 1. The summed E-state index contributed by atoms with van der Waals surface area (Å²) in [5.74, 6) is -2.47. The van der Waals surface area contributed by atoms with Crippen molar-refractivity contribution in [1.82, 2.24) is 4.98 Å². The first-order valence-electron chi connectivity index (χ1n) is 10.6. The molecule has 2 aromatic carbocycles. The van der Waals surface area contributed by atoms with Crippen LogP contribution >= 0.6 is 0 Å². The predicted molar refractivity (Wildman–Crippen MR) is 125 cm³/mol. The Morgan fingerprint density at radius 2 is 1.94 bits per heavy atom. The average molecular weight is 491 g/mol. The second-order valence-electron chi connectivity index (χ2n) is 8.14. The third-order valence-electron chi connectivity index (χ3n) is 5.69. The van der Waals surface area contributed by atoms with Gasteiger partial charge in [0.05, 0.1) is 23.1 Å². The van der Waals surface area contributed by atoms with Crippen molar-refractivity contribution in [3.63, 3.8) is 0 Å². The summed E-state index contributed by atoms with van der Waals surface area (Å²) in [6, 6.07) is 12.4. The molecule has 0 bridgehead atoms. The number of aromatic nitrogens is 1. The minimum Gasteiger partial charge on any atom is -0.497 e. The number of hydrogen-bond acceptors (Lipinski definition) is 6. The maximum absolute atomic E-state index is 14.0. The lowest BCUT2D eigenvalue weighted by Crippen LogP contribution is -2.29. The molecular weight excluding hydrogens is 466 g/mol. The number of rotatable bonds is 5. The Morgan fingerprint density at radius 3 is 2.68 bits per heavy atom. The van der Waals surface area contributed by atoms with Gasteiger partial charge in [-0.25, -0.2) is 27.3 Å². The van der Waals surface area contributed by atoms with E-state index in [-0.39, 0.29) is 47.8 Å². The first kappa shape index (κ1) is 23.8. The lowest BCUT2D eigenvalue weighted by Gasteiger charge is -2.24. The first-order chi connectivity index (χ1) is 16.1. The Labute approximate surface area is 195 Å². The van der Waals surface area contributed by atoms with Crippen molar-refractivity contribution in [1.29, 1.82) is 0 Å². The van der Waals surface area contributed by atoms with Crippen molar-refractivity contribution < 1.29 is 26.7 Å². The van der Waals surface area contributed by atoms with Gasteiger partial charge in [0.15, 0.2) is 0 Å². The van der Waals surface area contributed by atoms with Gasteiger partial charge in [-0.3, -0.25) is 4.79 Å². The molecule has 0 unspecified atom stereocenters. The quantitative estimate of drug-likeness (QED) is 0.563. The number of benzene rings is 2. The molecule has 1 aliphatic heterocycles. The highest BCUT2D eigenvalue weighted by molar-refractivity contribution is 7.89. The topological polar surface area (TPSA) is 115 Å². The van der Waals surface area contributed by atoms with E-state index in [1.54, 1.807) is 29.2 Å². The van der Waals surface area contributed by atoms with Crippen LogP contribution < -0.4 is 20.1 Å². The van der Waals surface area contributed by atoms with Gasteiger partial charge in [-0.2, -0.15) is 0 Å². The van der Waals surface area contributed by atoms with Crippen LogP contribution in [0.2, 0.25) is 0 Å². The van der Waals surface area contributed by atoms with E-state index in [2.05, 4.69) is 10.3 Å². The van der Waals surface area contributed by atoms with Crippen LogP contribution in [0.3, 0.4) is 0 Å². The van der Waals surface area contributed by atoms with Crippen LogP contribution in [0, 0.1) is 0 Å². The van der Waals surface area contributed by atoms with Crippen LogP contribution in [0.4, 0.5) is 20.3 Å². The molecule has 1 aromatic heterocycles. The minimum atomic E-state index is -3.96. The standard InChI is InChI=1S/C23H24F2N4O4S/c1-33-17-7-6-15-12-19(22(30)27-16-4-2-5-18(13-16)34(26,31)32)21(28-20(15)14-17)29-10-3-8-23(24,25)9-11-29/h2,4-7,12-14H,3,8-11H2,1H3,(H,27,30)(H2,26,31,32). The number of methoxy groups -OCH3 is 1. The summed E-state index contributed by atoms with van der Waals surface area (Å²) in [6.07, 6.45) is -0.322. The molecule has 3 aromatic rings. The van der Waals surface area contributed by atoms with Gasteiger partial charge in [-0.15, -0.1) is 0 Å². The van der Waals surface area contributed by atoms with Gasteiger partial charge in [0.1, 0.15) is 11.6 Å². The molecule has 2 heterocycles. The Bertz CT molecular complexity index is 1350. The fraction of sp³-hybridized carbons (Fsp3) is 0.304. The molecule has 0 saturated carbocycles. The van der Waals surface area contributed by atoms with E-state index in [0.717, 1.165) is 0 Å². The number of primary sulfonamides is 1. The number of halogens is 2. The fourth-order valence-electron chi connectivity index (χ4n) is 3.90. The Morgan fingerprint density at radius 1 is 1.15 bits per heavy atom. The number of carbonyl (C=O) groups excluding carboxylic acids is 1. The maximum Gasteiger partial charge on any atom is 0.259 e. The maximum atomic E-state index is 14.0. The van der Waals surface area contributed by atoms with Gasteiger partial charge in [0, 0.05) is 43.1 Å². The molecule has 1 amide bonds.